The van der Waals surface area contributed by atoms with Gasteiger partial charge in [0.2, 0.25) is 0 Å². The molecule has 2 heterocycles. The monoisotopic (exact) mass is 244 g/mol. The van der Waals surface area contributed by atoms with Crippen molar-refractivity contribution >= 4 is 0 Å². The van der Waals surface area contributed by atoms with Gasteiger partial charge >= 0.3 is 0 Å². The number of hydrogen-bond donors (Lipinski definition) is 2. The van der Waals surface area contributed by atoms with Gasteiger partial charge in [0.15, 0.2) is 5.82 Å². The molecule has 0 amide bonds. The summed E-state index contributed by atoms with van der Waals surface area (Å²) in [5.74, 6) is 1.88. The molecule has 0 fully saturated rings. The average molecular weight is 244 g/mol. The Kier molecular flexibility index (Phi) is 3.08. The van der Waals surface area contributed by atoms with Gasteiger partial charge in [0.25, 0.3) is 0 Å². The normalized spacial score (nSPS) is 15.2. The summed E-state index contributed by atoms with van der Waals surface area (Å²) in [6, 6.07) is 7.80. The molecule has 3 rings (SSSR count). The minimum atomic E-state index is 0.0244. The molecule has 0 spiro atoms. The van der Waals surface area contributed by atoms with Gasteiger partial charge in [0, 0.05) is 31.6 Å². The fraction of sp³-hybridized carbons (Fsp3) is 0.385. The van der Waals surface area contributed by atoms with E-state index in [1.54, 1.807) is 0 Å². The number of aliphatic hydroxyl groups excluding tert-OH is 1. The number of benzene rings is 1. The Bertz CT molecular complexity index is 550. The standard InChI is InChI=1S/C13H16N4O/c18-9-10-3-1-2-4-11(10)13-16-15-12-5-6-14-7-8-17(12)13/h1-4,14,18H,5-9H2. The number of nitrogens with zero attached hydrogens (tertiary/aromatic N) is 3. The van der Waals surface area contributed by atoms with Crippen molar-refractivity contribution in [3.05, 3.63) is 35.7 Å². The van der Waals surface area contributed by atoms with Crippen LogP contribution in [0.4, 0.5) is 0 Å². The number of rotatable bonds is 2. The first-order valence-corrected chi connectivity index (χ1v) is 6.22. The zero-order valence-electron chi connectivity index (χ0n) is 10.1. The number of fused-ring (bicyclic) bond motifs is 1. The second kappa shape index (κ2) is 4.88. The summed E-state index contributed by atoms with van der Waals surface area (Å²) in [6.07, 6.45) is 0.897. The third-order valence-corrected chi connectivity index (χ3v) is 3.29. The van der Waals surface area contributed by atoms with Gasteiger partial charge in [-0.3, -0.25) is 0 Å². The van der Waals surface area contributed by atoms with Crippen LogP contribution in [0.2, 0.25) is 0 Å². The molecule has 1 aromatic carbocycles. The third kappa shape index (κ3) is 1.91. The van der Waals surface area contributed by atoms with Gasteiger partial charge < -0.3 is 15.0 Å². The van der Waals surface area contributed by atoms with Crippen molar-refractivity contribution in [3.8, 4) is 11.4 Å². The lowest BCUT2D eigenvalue weighted by atomic mass is 10.1. The Morgan fingerprint density at radius 2 is 2.11 bits per heavy atom. The largest absolute Gasteiger partial charge is 0.392 e. The Balaban J connectivity index is 2.09. The Morgan fingerprint density at radius 1 is 1.22 bits per heavy atom. The molecule has 0 saturated heterocycles. The lowest BCUT2D eigenvalue weighted by Crippen LogP contribution is -2.17. The first-order chi connectivity index (χ1) is 8.90. The topological polar surface area (TPSA) is 63.0 Å². The van der Waals surface area contributed by atoms with Crippen molar-refractivity contribution in [1.82, 2.24) is 20.1 Å². The first kappa shape index (κ1) is 11.4. The highest BCUT2D eigenvalue weighted by Gasteiger charge is 2.17. The summed E-state index contributed by atoms with van der Waals surface area (Å²) >= 11 is 0. The molecule has 1 aromatic heterocycles. The van der Waals surface area contributed by atoms with Crippen molar-refractivity contribution < 1.29 is 5.11 Å². The molecular weight excluding hydrogens is 228 g/mol. The summed E-state index contributed by atoms with van der Waals surface area (Å²) in [6.45, 7) is 2.77. The van der Waals surface area contributed by atoms with Gasteiger partial charge in [-0.2, -0.15) is 0 Å². The van der Waals surface area contributed by atoms with Gasteiger partial charge in [0.1, 0.15) is 5.82 Å². The molecule has 18 heavy (non-hydrogen) atoms. The molecule has 0 aliphatic carbocycles. The van der Waals surface area contributed by atoms with Gasteiger partial charge in [-0.1, -0.05) is 24.3 Å². The van der Waals surface area contributed by atoms with Crippen LogP contribution in [0.15, 0.2) is 24.3 Å². The fourth-order valence-electron chi connectivity index (χ4n) is 2.35. The second-order valence-electron chi connectivity index (χ2n) is 4.41. The quantitative estimate of drug-likeness (QED) is 0.811. The van der Waals surface area contributed by atoms with E-state index in [0.29, 0.717) is 0 Å². The highest BCUT2D eigenvalue weighted by atomic mass is 16.3. The van der Waals surface area contributed by atoms with Crippen LogP contribution >= 0.6 is 0 Å². The van der Waals surface area contributed by atoms with Gasteiger partial charge in [-0.25, -0.2) is 0 Å². The zero-order chi connectivity index (χ0) is 12.4. The van der Waals surface area contributed by atoms with Crippen LogP contribution in [-0.4, -0.2) is 33.0 Å². The van der Waals surface area contributed by atoms with E-state index in [1.807, 2.05) is 24.3 Å². The number of hydrogen-bond acceptors (Lipinski definition) is 4. The summed E-state index contributed by atoms with van der Waals surface area (Å²) in [5, 5.41) is 21.3. The van der Waals surface area contributed by atoms with E-state index in [0.717, 1.165) is 48.8 Å². The van der Waals surface area contributed by atoms with Crippen LogP contribution in [0, 0.1) is 0 Å². The number of aliphatic hydroxyl groups is 1. The minimum Gasteiger partial charge on any atom is -0.392 e. The van der Waals surface area contributed by atoms with E-state index >= 15 is 0 Å². The van der Waals surface area contributed by atoms with Crippen LogP contribution in [0.5, 0.6) is 0 Å². The lowest BCUT2D eigenvalue weighted by molar-refractivity contribution is 0.282. The van der Waals surface area contributed by atoms with E-state index in [4.69, 9.17) is 0 Å². The van der Waals surface area contributed by atoms with Gasteiger partial charge in [0.05, 0.1) is 6.61 Å². The average Bonchev–Trinajstić information content (AvgIpc) is 2.67. The van der Waals surface area contributed by atoms with Crippen LogP contribution in [-0.2, 0) is 19.6 Å². The highest BCUT2D eigenvalue weighted by Crippen LogP contribution is 2.23. The van der Waals surface area contributed by atoms with Crippen molar-refractivity contribution in [3.63, 3.8) is 0 Å². The molecule has 0 unspecified atom stereocenters. The first-order valence-electron chi connectivity index (χ1n) is 6.22. The predicted octanol–water partition coefficient (Wildman–Crippen LogP) is 0.583. The third-order valence-electron chi connectivity index (χ3n) is 3.29. The summed E-state index contributed by atoms with van der Waals surface area (Å²) in [7, 11) is 0. The van der Waals surface area contributed by atoms with Crippen molar-refractivity contribution in [2.75, 3.05) is 13.1 Å². The maximum absolute atomic E-state index is 9.41. The van der Waals surface area contributed by atoms with Crippen molar-refractivity contribution in [2.45, 2.75) is 19.6 Å². The van der Waals surface area contributed by atoms with Crippen LogP contribution in [0.1, 0.15) is 11.4 Å². The van der Waals surface area contributed by atoms with Crippen molar-refractivity contribution in [1.29, 1.82) is 0 Å². The Labute approximate surface area is 105 Å². The van der Waals surface area contributed by atoms with E-state index < -0.39 is 0 Å². The molecule has 2 aromatic rings. The smallest absolute Gasteiger partial charge is 0.164 e. The number of nitrogens with one attached hydrogen (secondary N) is 1. The molecule has 0 saturated carbocycles. The number of aromatic nitrogens is 3. The summed E-state index contributed by atoms with van der Waals surface area (Å²) in [5.41, 5.74) is 1.87. The molecule has 0 bridgehead atoms. The SMILES string of the molecule is OCc1ccccc1-c1nnc2n1CCNCC2. The second-order valence-corrected chi connectivity index (χ2v) is 4.41. The van der Waals surface area contributed by atoms with Crippen LogP contribution in [0.25, 0.3) is 11.4 Å². The minimum absolute atomic E-state index is 0.0244. The molecule has 1 aliphatic heterocycles. The molecule has 1 aliphatic rings. The van der Waals surface area contributed by atoms with Gasteiger partial charge in [-0.05, 0) is 5.56 Å². The van der Waals surface area contributed by atoms with E-state index in [2.05, 4.69) is 20.1 Å². The maximum atomic E-state index is 9.41. The van der Waals surface area contributed by atoms with Crippen LogP contribution < -0.4 is 5.32 Å². The lowest BCUT2D eigenvalue weighted by Gasteiger charge is -2.09. The highest BCUT2D eigenvalue weighted by molar-refractivity contribution is 5.60. The molecule has 0 atom stereocenters. The summed E-state index contributed by atoms with van der Waals surface area (Å²) in [4.78, 5) is 0. The maximum Gasteiger partial charge on any atom is 0.164 e. The zero-order valence-corrected chi connectivity index (χ0v) is 10.1. The summed E-state index contributed by atoms with van der Waals surface area (Å²) < 4.78 is 2.15. The van der Waals surface area contributed by atoms with E-state index in [9.17, 15) is 5.11 Å². The van der Waals surface area contributed by atoms with E-state index in [1.165, 1.54) is 0 Å². The Morgan fingerprint density at radius 3 is 3.00 bits per heavy atom. The molecule has 5 heteroatoms. The molecule has 94 valence electrons. The molecule has 2 N–H and O–H groups in total. The molecule has 0 radical (unpaired) electrons. The van der Waals surface area contributed by atoms with Crippen LogP contribution in [0.3, 0.4) is 0 Å². The Hall–Kier alpha value is -1.72. The molecular formula is C13H16N4O. The van der Waals surface area contributed by atoms with E-state index in [-0.39, 0.29) is 6.61 Å². The fourth-order valence-corrected chi connectivity index (χ4v) is 2.35. The predicted molar refractivity (Wildman–Crippen MR) is 68.0 cm³/mol. The molecule has 5 nitrogen and oxygen atoms in total. The van der Waals surface area contributed by atoms with Gasteiger partial charge in [-0.15, -0.1) is 10.2 Å². The van der Waals surface area contributed by atoms with Crippen molar-refractivity contribution in [2.24, 2.45) is 0 Å².